The molecule has 0 aliphatic rings. The average molecular weight is 198 g/mol. The van der Waals surface area contributed by atoms with E-state index in [2.05, 4.69) is 23.8 Å². The van der Waals surface area contributed by atoms with Crippen molar-refractivity contribution in [2.75, 3.05) is 0 Å². The molecule has 72 valence electrons. The highest BCUT2D eigenvalue weighted by molar-refractivity contribution is 7.99. The molecule has 0 fully saturated rings. The van der Waals surface area contributed by atoms with Gasteiger partial charge in [0.2, 0.25) is 0 Å². The molecule has 0 saturated carbocycles. The highest BCUT2D eigenvalue weighted by atomic mass is 32.2. The predicted octanol–water partition coefficient (Wildman–Crippen LogP) is 1.78. The molecule has 0 spiro atoms. The first-order valence-electron chi connectivity index (χ1n) is 4.23. The molecule has 0 amide bonds. The Morgan fingerprint density at radius 2 is 2.23 bits per heavy atom. The van der Waals surface area contributed by atoms with Crippen molar-refractivity contribution in [3.8, 4) is 0 Å². The topological polar surface area (TPSA) is 46.0 Å². The van der Waals surface area contributed by atoms with Gasteiger partial charge in [0.1, 0.15) is 10.9 Å². The van der Waals surface area contributed by atoms with E-state index in [0.29, 0.717) is 5.25 Å². The Morgan fingerprint density at radius 3 is 2.77 bits per heavy atom. The van der Waals surface area contributed by atoms with Crippen LogP contribution in [0.4, 0.5) is 0 Å². The number of aromatic nitrogens is 2. The lowest BCUT2D eigenvalue weighted by atomic mass is 10.4. The van der Waals surface area contributed by atoms with Crippen LogP contribution in [0.1, 0.15) is 25.2 Å². The van der Waals surface area contributed by atoms with E-state index in [1.54, 1.807) is 18.0 Å². The molecule has 0 atom stereocenters. The minimum absolute atomic E-state index is 0.00926. The summed E-state index contributed by atoms with van der Waals surface area (Å²) in [7, 11) is 0. The first-order chi connectivity index (χ1) is 6.13. The number of aliphatic hydroxyl groups is 1. The lowest BCUT2D eigenvalue weighted by Crippen LogP contribution is -1.99. The third-order valence-corrected chi connectivity index (χ3v) is 2.51. The molecule has 1 heterocycles. The van der Waals surface area contributed by atoms with Gasteiger partial charge in [-0.1, -0.05) is 13.8 Å². The van der Waals surface area contributed by atoms with Gasteiger partial charge in [-0.2, -0.15) is 0 Å². The summed E-state index contributed by atoms with van der Waals surface area (Å²) in [5, 5.41) is 10.4. The van der Waals surface area contributed by atoms with E-state index >= 15 is 0 Å². The van der Waals surface area contributed by atoms with Gasteiger partial charge in [0, 0.05) is 17.0 Å². The number of aliphatic hydroxyl groups excluding tert-OH is 1. The van der Waals surface area contributed by atoms with Crippen molar-refractivity contribution in [3.63, 3.8) is 0 Å². The van der Waals surface area contributed by atoms with Gasteiger partial charge in [-0.15, -0.1) is 11.8 Å². The van der Waals surface area contributed by atoms with Crippen molar-refractivity contribution < 1.29 is 5.11 Å². The Labute approximate surface area is 82.6 Å². The summed E-state index contributed by atoms with van der Waals surface area (Å²) in [5.74, 6) is 0.750. The highest BCUT2D eigenvalue weighted by Gasteiger charge is 2.07. The molecule has 13 heavy (non-hydrogen) atoms. The molecule has 0 aliphatic carbocycles. The molecule has 3 nitrogen and oxygen atoms in total. The maximum absolute atomic E-state index is 9.03. The van der Waals surface area contributed by atoms with Crippen molar-refractivity contribution in [1.82, 2.24) is 9.97 Å². The Kier molecular flexibility index (Phi) is 3.69. The van der Waals surface area contributed by atoms with Gasteiger partial charge >= 0.3 is 0 Å². The van der Waals surface area contributed by atoms with E-state index in [-0.39, 0.29) is 6.61 Å². The van der Waals surface area contributed by atoms with Crippen molar-refractivity contribution in [2.24, 2.45) is 0 Å². The zero-order chi connectivity index (χ0) is 9.84. The summed E-state index contributed by atoms with van der Waals surface area (Å²) in [5.41, 5.74) is 0.810. The molecule has 1 rings (SSSR count). The van der Waals surface area contributed by atoms with Gasteiger partial charge in [-0.3, -0.25) is 0 Å². The van der Waals surface area contributed by atoms with Crippen LogP contribution in [-0.2, 0) is 6.61 Å². The van der Waals surface area contributed by atoms with Gasteiger partial charge in [-0.05, 0) is 6.92 Å². The fraction of sp³-hybridized carbons (Fsp3) is 0.556. The van der Waals surface area contributed by atoms with Gasteiger partial charge < -0.3 is 5.11 Å². The lowest BCUT2D eigenvalue weighted by molar-refractivity contribution is 0.277. The quantitative estimate of drug-likeness (QED) is 0.594. The Morgan fingerprint density at radius 1 is 1.54 bits per heavy atom. The molecule has 0 unspecified atom stereocenters. The van der Waals surface area contributed by atoms with E-state index in [4.69, 9.17) is 5.11 Å². The van der Waals surface area contributed by atoms with Crippen LogP contribution in [0.5, 0.6) is 0 Å². The van der Waals surface area contributed by atoms with Gasteiger partial charge in [0.05, 0.1) is 6.61 Å². The molecule has 4 heteroatoms. The molecule has 1 N–H and O–H groups in total. The second-order valence-electron chi connectivity index (χ2n) is 3.07. The zero-order valence-corrected chi connectivity index (χ0v) is 8.93. The summed E-state index contributed by atoms with van der Waals surface area (Å²) in [6.45, 7) is 6.06. The third kappa shape index (κ3) is 2.97. The van der Waals surface area contributed by atoms with Crippen LogP contribution in [-0.4, -0.2) is 20.3 Å². The molecule has 1 aromatic rings. The van der Waals surface area contributed by atoms with Crippen LogP contribution in [0.3, 0.4) is 0 Å². The van der Waals surface area contributed by atoms with Crippen LogP contribution >= 0.6 is 11.8 Å². The van der Waals surface area contributed by atoms with Crippen LogP contribution in [0.25, 0.3) is 0 Å². The maximum atomic E-state index is 9.03. The predicted molar refractivity (Wildman–Crippen MR) is 53.7 cm³/mol. The second kappa shape index (κ2) is 4.58. The normalized spacial score (nSPS) is 10.8. The smallest absolute Gasteiger partial charge is 0.126 e. The standard InChI is InChI=1S/C9H14N2OS/c1-6(2)13-9-8(5-12)4-10-7(3)11-9/h4,6,12H,5H2,1-3H3. The molecular weight excluding hydrogens is 184 g/mol. The highest BCUT2D eigenvalue weighted by Crippen LogP contribution is 2.23. The Hall–Kier alpha value is -0.610. The minimum Gasteiger partial charge on any atom is -0.392 e. The first kappa shape index (κ1) is 10.5. The van der Waals surface area contributed by atoms with Crippen LogP contribution in [0.2, 0.25) is 0 Å². The number of rotatable bonds is 3. The molecular formula is C9H14N2OS. The van der Waals surface area contributed by atoms with Gasteiger partial charge in [-0.25, -0.2) is 9.97 Å². The van der Waals surface area contributed by atoms with Crippen molar-refractivity contribution in [3.05, 3.63) is 17.6 Å². The van der Waals surface area contributed by atoms with Crippen LogP contribution in [0.15, 0.2) is 11.2 Å². The fourth-order valence-corrected chi connectivity index (χ4v) is 1.81. The Balaban J connectivity index is 2.94. The number of nitrogens with zero attached hydrogens (tertiary/aromatic N) is 2. The van der Waals surface area contributed by atoms with Crippen molar-refractivity contribution >= 4 is 11.8 Å². The lowest BCUT2D eigenvalue weighted by Gasteiger charge is -2.08. The summed E-state index contributed by atoms with van der Waals surface area (Å²) in [4.78, 5) is 8.31. The van der Waals surface area contributed by atoms with E-state index < -0.39 is 0 Å². The van der Waals surface area contributed by atoms with E-state index in [9.17, 15) is 0 Å². The monoisotopic (exact) mass is 198 g/mol. The Bertz CT molecular complexity index is 289. The molecule has 0 bridgehead atoms. The van der Waals surface area contributed by atoms with E-state index in [0.717, 1.165) is 16.4 Å². The first-order valence-corrected chi connectivity index (χ1v) is 5.11. The molecule has 0 aliphatic heterocycles. The summed E-state index contributed by atoms with van der Waals surface area (Å²) in [6.07, 6.45) is 1.69. The van der Waals surface area contributed by atoms with Crippen LogP contribution < -0.4 is 0 Å². The molecule has 0 saturated heterocycles. The SMILES string of the molecule is Cc1ncc(CO)c(SC(C)C)n1. The molecule has 0 radical (unpaired) electrons. The van der Waals surface area contributed by atoms with E-state index in [1.807, 2.05) is 6.92 Å². The second-order valence-corrected chi connectivity index (χ2v) is 4.64. The number of hydrogen-bond acceptors (Lipinski definition) is 4. The van der Waals surface area contributed by atoms with Crippen LogP contribution in [0, 0.1) is 6.92 Å². The molecule has 1 aromatic heterocycles. The van der Waals surface area contributed by atoms with Gasteiger partial charge in [0.15, 0.2) is 0 Å². The van der Waals surface area contributed by atoms with Crippen molar-refractivity contribution in [2.45, 2.75) is 37.7 Å². The fourth-order valence-electron chi connectivity index (χ4n) is 0.908. The number of aryl methyl sites for hydroxylation is 1. The summed E-state index contributed by atoms with van der Waals surface area (Å²) < 4.78 is 0. The maximum Gasteiger partial charge on any atom is 0.126 e. The largest absolute Gasteiger partial charge is 0.392 e. The average Bonchev–Trinajstić information content (AvgIpc) is 2.03. The van der Waals surface area contributed by atoms with Gasteiger partial charge in [0.25, 0.3) is 0 Å². The number of hydrogen-bond donors (Lipinski definition) is 1. The zero-order valence-electron chi connectivity index (χ0n) is 8.11. The number of thioether (sulfide) groups is 1. The van der Waals surface area contributed by atoms with E-state index in [1.165, 1.54) is 0 Å². The van der Waals surface area contributed by atoms with Crippen molar-refractivity contribution in [1.29, 1.82) is 0 Å². The molecule has 0 aromatic carbocycles. The summed E-state index contributed by atoms with van der Waals surface area (Å²) >= 11 is 1.65. The summed E-state index contributed by atoms with van der Waals surface area (Å²) in [6, 6.07) is 0. The minimum atomic E-state index is 0.00926. The third-order valence-electron chi connectivity index (χ3n) is 1.46.